The van der Waals surface area contributed by atoms with Crippen LogP contribution in [0.25, 0.3) is 0 Å². The number of unbranched alkanes of at least 4 members (excludes halogenated alkanes) is 2. The van der Waals surface area contributed by atoms with E-state index in [9.17, 15) is 4.79 Å². The van der Waals surface area contributed by atoms with Gasteiger partial charge in [0.15, 0.2) is 0 Å². The van der Waals surface area contributed by atoms with Crippen LogP contribution in [0.4, 0.5) is 5.82 Å². The predicted octanol–water partition coefficient (Wildman–Crippen LogP) is 3.83. The van der Waals surface area contributed by atoms with Crippen molar-refractivity contribution in [3.05, 3.63) is 47.7 Å². The Kier molecular flexibility index (Phi) is 8.26. The quantitative estimate of drug-likeness (QED) is 0.477. The zero-order chi connectivity index (χ0) is 26.6. The fraction of sp³-hybridized carbons (Fsp3) is 0.621. The molecule has 0 aromatic carbocycles. The maximum atomic E-state index is 12.8. The van der Waals surface area contributed by atoms with Crippen molar-refractivity contribution in [1.29, 1.82) is 5.41 Å². The third-order valence-electron chi connectivity index (χ3n) is 7.96. The van der Waals surface area contributed by atoms with E-state index in [4.69, 9.17) is 10.1 Å². The van der Waals surface area contributed by atoms with E-state index in [1.54, 1.807) is 16.8 Å². The molecule has 2 aromatic heterocycles. The zero-order valence-electron chi connectivity index (χ0n) is 23.2. The minimum atomic E-state index is -0.0286. The number of anilines is 1. The maximum Gasteiger partial charge on any atom is 0.253 e. The topological polar surface area (TPSA) is 86.5 Å². The molecule has 1 saturated heterocycles. The molecule has 0 bridgehead atoms. The molecule has 2 aliphatic rings. The van der Waals surface area contributed by atoms with Gasteiger partial charge in [0.2, 0.25) is 0 Å². The van der Waals surface area contributed by atoms with Crippen molar-refractivity contribution < 1.29 is 9.53 Å². The van der Waals surface area contributed by atoms with E-state index in [2.05, 4.69) is 47.8 Å². The summed E-state index contributed by atoms with van der Waals surface area (Å²) in [6, 6.07) is 7.74. The molecule has 202 valence electrons. The van der Waals surface area contributed by atoms with Gasteiger partial charge in [0.05, 0.1) is 12.2 Å². The number of rotatable bonds is 10. The predicted molar refractivity (Wildman–Crippen MR) is 147 cm³/mol. The Hall–Kier alpha value is -2.87. The number of aryl methyl sites for hydroxylation is 1. The second-order valence-electron chi connectivity index (χ2n) is 12.1. The van der Waals surface area contributed by atoms with E-state index in [0.29, 0.717) is 17.7 Å². The van der Waals surface area contributed by atoms with Gasteiger partial charge in [-0.25, -0.2) is 4.98 Å². The van der Waals surface area contributed by atoms with Crippen LogP contribution < -0.4 is 20.4 Å². The average Bonchev–Trinajstić information content (AvgIpc) is 2.86. The Morgan fingerprint density at radius 1 is 1.08 bits per heavy atom. The van der Waals surface area contributed by atoms with Crippen LogP contribution in [0.2, 0.25) is 0 Å². The lowest BCUT2D eigenvalue weighted by atomic mass is 9.52. The highest BCUT2D eigenvalue weighted by Gasteiger charge is 2.53. The van der Waals surface area contributed by atoms with E-state index in [1.807, 2.05) is 31.4 Å². The van der Waals surface area contributed by atoms with Gasteiger partial charge in [0, 0.05) is 57.7 Å². The Labute approximate surface area is 221 Å². The van der Waals surface area contributed by atoms with Crippen LogP contribution in [0.1, 0.15) is 63.7 Å². The minimum absolute atomic E-state index is 0.0286. The molecule has 0 radical (unpaired) electrons. The summed E-state index contributed by atoms with van der Waals surface area (Å²) < 4.78 is 7.54. The maximum absolute atomic E-state index is 12.8. The van der Waals surface area contributed by atoms with Gasteiger partial charge in [-0.15, -0.1) is 0 Å². The third-order valence-corrected chi connectivity index (χ3v) is 7.96. The van der Waals surface area contributed by atoms with Crippen LogP contribution in [0, 0.1) is 16.2 Å². The normalized spacial score (nSPS) is 19.3. The fourth-order valence-electron chi connectivity index (χ4n) is 6.26. The minimum Gasteiger partial charge on any atom is -0.493 e. The molecule has 0 unspecified atom stereocenters. The fourth-order valence-corrected chi connectivity index (χ4v) is 6.26. The third kappa shape index (κ3) is 6.72. The smallest absolute Gasteiger partial charge is 0.253 e. The van der Waals surface area contributed by atoms with E-state index in [-0.39, 0.29) is 22.8 Å². The standard InChI is InChI=1S/C29H44N6O2/c1-28(2)21-29(3,4)27(28)32-26(36)22-9-10-25(31-20-22)35-16-14-34(15-17-35)12-7-6-8-18-37-23-11-13-33(5)24(30)19-23/h9-11,13,19-20,27,30H,6-8,12,14-18,21H2,1-5H3,(H,32,36). The second-order valence-corrected chi connectivity index (χ2v) is 12.1. The summed E-state index contributed by atoms with van der Waals surface area (Å²) in [6.07, 6.45) is 8.01. The molecule has 0 spiro atoms. The first-order chi connectivity index (χ1) is 17.5. The van der Waals surface area contributed by atoms with Crippen molar-refractivity contribution >= 4 is 11.7 Å². The molecule has 1 aliphatic carbocycles. The number of pyridine rings is 2. The van der Waals surface area contributed by atoms with Crippen molar-refractivity contribution in [2.45, 2.75) is 59.4 Å². The lowest BCUT2D eigenvalue weighted by molar-refractivity contribution is -0.0366. The molecule has 2 N–H and O–H groups in total. The van der Waals surface area contributed by atoms with Gasteiger partial charge >= 0.3 is 0 Å². The number of carbonyl (C=O) groups excluding carboxylic acids is 1. The Morgan fingerprint density at radius 2 is 1.81 bits per heavy atom. The largest absolute Gasteiger partial charge is 0.493 e. The number of hydrogen-bond donors (Lipinski definition) is 2. The number of nitrogens with one attached hydrogen (secondary N) is 2. The van der Waals surface area contributed by atoms with E-state index < -0.39 is 0 Å². The number of amides is 1. The van der Waals surface area contributed by atoms with E-state index in [1.165, 1.54) is 0 Å². The van der Waals surface area contributed by atoms with Gasteiger partial charge in [-0.05, 0) is 61.3 Å². The molecule has 1 amide bonds. The summed E-state index contributed by atoms with van der Waals surface area (Å²) in [5, 5.41) is 11.1. The van der Waals surface area contributed by atoms with E-state index in [0.717, 1.165) is 70.0 Å². The molecular formula is C29H44N6O2. The summed E-state index contributed by atoms with van der Waals surface area (Å²) in [4.78, 5) is 22.3. The molecule has 3 heterocycles. The van der Waals surface area contributed by atoms with Gasteiger partial charge in [-0.1, -0.05) is 27.7 Å². The molecule has 1 saturated carbocycles. The molecule has 1 aliphatic heterocycles. The summed E-state index contributed by atoms with van der Waals surface area (Å²) >= 11 is 0. The molecule has 2 fully saturated rings. The van der Waals surface area contributed by atoms with Crippen LogP contribution >= 0.6 is 0 Å². The lowest BCUT2D eigenvalue weighted by Crippen LogP contribution is -2.63. The number of aromatic nitrogens is 2. The molecule has 2 aromatic rings. The summed E-state index contributed by atoms with van der Waals surface area (Å²) in [7, 11) is 1.86. The van der Waals surface area contributed by atoms with Crippen LogP contribution in [0.5, 0.6) is 5.75 Å². The van der Waals surface area contributed by atoms with Gasteiger partial charge in [0.1, 0.15) is 17.1 Å². The van der Waals surface area contributed by atoms with Crippen LogP contribution in [-0.4, -0.2) is 65.7 Å². The summed E-state index contributed by atoms with van der Waals surface area (Å²) in [5.74, 6) is 1.69. The number of piperazine rings is 1. The molecule has 8 heteroatoms. The molecule has 8 nitrogen and oxygen atoms in total. The van der Waals surface area contributed by atoms with Crippen LogP contribution in [0.15, 0.2) is 36.7 Å². The Morgan fingerprint density at radius 3 is 2.43 bits per heavy atom. The zero-order valence-corrected chi connectivity index (χ0v) is 23.2. The monoisotopic (exact) mass is 508 g/mol. The summed E-state index contributed by atoms with van der Waals surface area (Å²) in [6.45, 7) is 14.6. The molecule has 37 heavy (non-hydrogen) atoms. The van der Waals surface area contributed by atoms with Crippen LogP contribution in [0.3, 0.4) is 0 Å². The number of hydrogen-bond acceptors (Lipinski definition) is 6. The van der Waals surface area contributed by atoms with Crippen molar-refractivity contribution in [3.8, 4) is 5.75 Å². The van der Waals surface area contributed by atoms with Crippen molar-refractivity contribution in [1.82, 2.24) is 19.8 Å². The van der Waals surface area contributed by atoms with Crippen molar-refractivity contribution in [3.63, 3.8) is 0 Å². The SMILES string of the molecule is Cn1ccc(OCCCCCN2CCN(c3ccc(C(=O)NC4C(C)(C)CC4(C)C)cn3)CC2)cc1=N. The summed E-state index contributed by atoms with van der Waals surface area (Å²) in [5.41, 5.74) is 1.35. The Bertz CT molecular complexity index is 1100. The van der Waals surface area contributed by atoms with Gasteiger partial charge in [0.25, 0.3) is 5.91 Å². The average molecular weight is 509 g/mol. The van der Waals surface area contributed by atoms with Gasteiger partial charge in [-0.3, -0.25) is 15.1 Å². The first-order valence-corrected chi connectivity index (χ1v) is 13.6. The van der Waals surface area contributed by atoms with Gasteiger partial charge in [-0.2, -0.15) is 0 Å². The number of ether oxygens (including phenoxy) is 1. The molecule has 4 rings (SSSR count). The molecular weight excluding hydrogens is 464 g/mol. The lowest BCUT2D eigenvalue weighted by Gasteiger charge is -2.57. The second kappa shape index (κ2) is 11.3. The highest BCUT2D eigenvalue weighted by Crippen LogP contribution is 2.53. The van der Waals surface area contributed by atoms with E-state index >= 15 is 0 Å². The molecule has 0 atom stereocenters. The van der Waals surface area contributed by atoms with Gasteiger partial charge < -0.3 is 19.5 Å². The van der Waals surface area contributed by atoms with Crippen molar-refractivity contribution in [2.75, 3.05) is 44.2 Å². The first kappa shape index (κ1) is 27.2. The van der Waals surface area contributed by atoms with Crippen molar-refractivity contribution in [2.24, 2.45) is 17.9 Å². The highest BCUT2D eigenvalue weighted by atomic mass is 16.5. The number of carbonyl (C=O) groups is 1. The highest BCUT2D eigenvalue weighted by molar-refractivity contribution is 5.94. The van der Waals surface area contributed by atoms with Crippen LogP contribution in [-0.2, 0) is 7.05 Å². The first-order valence-electron chi connectivity index (χ1n) is 13.6. The Balaban J connectivity index is 1.13. The number of nitrogens with zero attached hydrogens (tertiary/aromatic N) is 4.